The molecule has 2 amide bonds. The molecule has 4 aromatic rings. The molecule has 0 bridgehead atoms. The molecule has 23 heteroatoms. The molecule has 19 nitrogen and oxygen atoms in total. The zero-order valence-electron chi connectivity index (χ0n) is 30.1. The number of aryl methyl sites for hydroxylation is 2. The first kappa shape index (κ1) is 41.6. The van der Waals surface area contributed by atoms with Gasteiger partial charge in [0.15, 0.2) is 28.4 Å². The number of piperazine rings is 1. The Morgan fingerprint density at radius 1 is 0.982 bits per heavy atom. The van der Waals surface area contributed by atoms with Gasteiger partial charge in [-0.05, 0) is 44.9 Å². The predicted octanol–water partition coefficient (Wildman–Crippen LogP) is -0.0133. The molecule has 56 heavy (non-hydrogen) atoms. The normalized spacial score (nSPS) is 15.4. The third kappa shape index (κ3) is 8.03. The topological polar surface area (TPSA) is 271 Å². The van der Waals surface area contributed by atoms with Crippen molar-refractivity contribution >= 4 is 40.2 Å². The summed E-state index contributed by atoms with van der Waals surface area (Å²) in [5.41, 5.74) is -4.44. The van der Waals surface area contributed by atoms with Gasteiger partial charge in [0.1, 0.15) is 24.4 Å². The summed E-state index contributed by atoms with van der Waals surface area (Å²) >= 11 is 0. The van der Waals surface area contributed by atoms with Crippen LogP contribution >= 0.6 is 0 Å². The van der Waals surface area contributed by atoms with Crippen LogP contribution in [0.25, 0.3) is 11.2 Å². The third-order valence-electron chi connectivity index (χ3n) is 9.07. The lowest BCUT2D eigenvalue weighted by molar-refractivity contribution is -0.395. The third-order valence-corrected chi connectivity index (χ3v) is 9.07. The van der Waals surface area contributed by atoms with Gasteiger partial charge in [-0.2, -0.15) is 18.1 Å². The van der Waals surface area contributed by atoms with Gasteiger partial charge in [0.2, 0.25) is 11.3 Å². The molecule has 302 valence electrons. The Bertz CT molecular complexity index is 2230. The number of pyridine rings is 1. The van der Waals surface area contributed by atoms with Gasteiger partial charge in [-0.1, -0.05) is 13.8 Å². The summed E-state index contributed by atoms with van der Waals surface area (Å²) in [5, 5.41) is 72.2. The number of carbonyl (C=O) groups excluding carboxylic acids is 2. The summed E-state index contributed by atoms with van der Waals surface area (Å²) in [6.45, 7) is 5.07. The minimum atomic E-state index is -4.87. The van der Waals surface area contributed by atoms with Crippen LogP contribution < -0.4 is 20.5 Å². The van der Waals surface area contributed by atoms with E-state index in [9.17, 15) is 67.7 Å². The van der Waals surface area contributed by atoms with Crippen molar-refractivity contribution in [2.75, 3.05) is 34.8 Å². The van der Waals surface area contributed by atoms with Crippen molar-refractivity contribution in [2.24, 2.45) is 0 Å². The first-order valence-corrected chi connectivity index (χ1v) is 16.8. The average Bonchev–Trinajstić information content (AvgIpc) is 3.09. The predicted molar refractivity (Wildman–Crippen MR) is 185 cm³/mol. The summed E-state index contributed by atoms with van der Waals surface area (Å²) in [5.74, 6) is -4.49. The van der Waals surface area contributed by atoms with Crippen molar-refractivity contribution in [3.63, 3.8) is 0 Å². The molecular formula is C33H37F4N9O10. The van der Waals surface area contributed by atoms with E-state index in [1.54, 1.807) is 18.7 Å². The number of amides is 2. The van der Waals surface area contributed by atoms with Crippen molar-refractivity contribution < 1.29 is 62.9 Å². The number of fused-ring (bicyclic) bond motifs is 1. The van der Waals surface area contributed by atoms with E-state index < -0.39 is 92.9 Å². The lowest BCUT2D eigenvalue weighted by atomic mass is 10.0. The van der Waals surface area contributed by atoms with Crippen molar-refractivity contribution in [1.82, 2.24) is 29.4 Å². The summed E-state index contributed by atoms with van der Waals surface area (Å²) in [4.78, 5) is 60.0. The number of alkyl halides is 3. The molecule has 1 aliphatic rings. The fraction of sp³-hybridized carbons (Fsp3) is 0.424. The van der Waals surface area contributed by atoms with Gasteiger partial charge in [-0.15, -0.1) is 0 Å². The first-order chi connectivity index (χ1) is 26.0. The molecule has 8 N–H and O–H groups in total. The van der Waals surface area contributed by atoms with Crippen LogP contribution in [0.15, 0.2) is 29.3 Å². The highest BCUT2D eigenvalue weighted by Gasteiger charge is 2.47. The number of nitrogens with one attached hydrogen (secondary N) is 1. The van der Waals surface area contributed by atoms with Crippen LogP contribution in [-0.2, 0) is 23.9 Å². The number of rotatable bonds is 10. The standard InChI is InChI=1S/C33H37F4N9O10/c1-5-18-12-43(30(50)24-26(48)15(3)38-14-39-24)9-10-44(18)25-21(6-2)45(13-22(47)41-20-8-7-17(11-19(20)34)31(35,36)37)29-23(27(25)49)42-28(16(4)40-29)46(32(51,52)53)33(54,55)56/h7-8,11,14,18,48,51-56H,5-6,9-10,12-13H2,1-4H3,(H,41,47)/t18-/m0/s1. The molecule has 0 unspecified atom stereocenters. The molecule has 4 heterocycles. The Hall–Kier alpha value is -5.59. The molecule has 0 saturated carbocycles. The number of anilines is 3. The highest BCUT2D eigenvalue weighted by molar-refractivity contribution is 5.95. The van der Waals surface area contributed by atoms with Gasteiger partial charge in [-0.25, -0.2) is 24.3 Å². The van der Waals surface area contributed by atoms with Crippen molar-refractivity contribution in [3.8, 4) is 5.75 Å². The molecule has 1 fully saturated rings. The van der Waals surface area contributed by atoms with E-state index in [2.05, 4.69) is 25.3 Å². The average molecular weight is 796 g/mol. The fourth-order valence-electron chi connectivity index (χ4n) is 6.44. The SMILES string of the molecule is CCc1c(N2CCN(C(=O)c3ncnc(C)c3O)C[C@@H]2CC)c(=O)c2nc(N(C(O)(O)O)C(O)(O)O)c(C)nc2n1CC(=O)Nc1ccc(C(F)(F)F)cc1F. The van der Waals surface area contributed by atoms with Gasteiger partial charge in [-0.3, -0.25) is 14.4 Å². The fourth-order valence-corrected chi connectivity index (χ4v) is 6.44. The van der Waals surface area contributed by atoms with E-state index in [4.69, 9.17) is 0 Å². The Morgan fingerprint density at radius 3 is 2.21 bits per heavy atom. The molecule has 3 aromatic heterocycles. The molecule has 5 rings (SSSR count). The van der Waals surface area contributed by atoms with E-state index in [1.165, 1.54) is 16.4 Å². The van der Waals surface area contributed by atoms with Crippen LogP contribution in [0, 0.1) is 19.7 Å². The second-order valence-corrected chi connectivity index (χ2v) is 12.8. The maximum atomic E-state index is 14.8. The second kappa shape index (κ2) is 15.2. The smallest absolute Gasteiger partial charge is 0.416 e. The Kier molecular flexibility index (Phi) is 11.3. The number of carbonyl (C=O) groups is 2. The molecule has 1 saturated heterocycles. The first-order valence-electron chi connectivity index (χ1n) is 16.8. The number of benzene rings is 1. The van der Waals surface area contributed by atoms with Crippen molar-refractivity contribution in [1.29, 1.82) is 0 Å². The highest BCUT2D eigenvalue weighted by atomic mass is 19.4. The van der Waals surface area contributed by atoms with E-state index in [-0.39, 0.29) is 60.5 Å². The van der Waals surface area contributed by atoms with E-state index in [0.717, 1.165) is 13.3 Å². The Balaban J connectivity index is 1.67. The van der Waals surface area contributed by atoms with Gasteiger partial charge in [0, 0.05) is 31.4 Å². The molecule has 1 atom stereocenters. The number of hydrogen-bond acceptors (Lipinski definition) is 16. The van der Waals surface area contributed by atoms with E-state index in [0.29, 0.717) is 18.6 Å². The van der Waals surface area contributed by atoms with Crippen LogP contribution in [0.5, 0.6) is 5.75 Å². The monoisotopic (exact) mass is 795 g/mol. The summed E-state index contributed by atoms with van der Waals surface area (Å²) in [7, 11) is 0. The van der Waals surface area contributed by atoms with Crippen molar-refractivity contribution in [2.45, 2.75) is 71.5 Å². The molecule has 1 aliphatic heterocycles. The summed E-state index contributed by atoms with van der Waals surface area (Å²) in [6.07, 6.45) is -11.9. The quantitative estimate of drug-likeness (QED) is 0.0775. The van der Waals surface area contributed by atoms with Gasteiger partial charge < -0.3 is 55.4 Å². The molecule has 1 aromatic carbocycles. The lowest BCUT2D eigenvalue weighted by Gasteiger charge is -2.43. The highest BCUT2D eigenvalue weighted by Crippen LogP contribution is 2.33. The van der Waals surface area contributed by atoms with Crippen molar-refractivity contribution in [3.05, 3.63) is 68.9 Å². The van der Waals surface area contributed by atoms with Gasteiger partial charge in [0.25, 0.3) is 5.91 Å². The zero-order valence-corrected chi connectivity index (χ0v) is 30.1. The number of aromatic hydroxyl groups is 1. The molecule has 0 radical (unpaired) electrons. The van der Waals surface area contributed by atoms with Crippen LogP contribution in [0.2, 0.25) is 0 Å². The Labute approximate surface area is 313 Å². The number of nitrogens with zero attached hydrogens (tertiary/aromatic N) is 8. The number of aliphatic hydroxyl groups is 6. The maximum absolute atomic E-state index is 14.8. The minimum absolute atomic E-state index is 0.000758. The summed E-state index contributed by atoms with van der Waals surface area (Å²) in [6, 6.07) is 0.825. The van der Waals surface area contributed by atoms with Gasteiger partial charge >= 0.3 is 18.4 Å². The lowest BCUT2D eigenvalue weighted by Crippen LogP contribution is -2.62. The van der Waals surface area contributed by atoms with Gasteiger partial charge in [0.05, 0.1) is 22.6 Å². The molecule has 0 aliphatic carbocycles. The van der Waals surface area contributed by atoms with Crippen LogP contribution in [0.3, 0.4) is 0 Å². The minimum Gasteiger partial charge on any atom is -0.504 e. The summed E-state index contributed by atoms with van der Waals surface area (Å²) < 4.78 is 55.4. The zero-order chi connectivity index (χ0) is 41.7. The largest absolute Gasteiger partial charge is 0.504 e. The van der Waals surface area contributed by atoms with E-state index >= 15 is 0 Å². The number of hydrogen-bond donors (Lipinski definition) is 8. The molecule has 0 spiro atoms. The number of aromatic nitrogens is 5. The maximum Gasteiger partial charge on any atom is 0.416 e. The van der Waals surface area contributed by atoms with E-state index in [1.807, 2.05) is 0 Å². The Morgan fingerprint density at radius 2 is 1.64 bits per heavy atom. The number of halogens is 4. The van der Waals surface area contributed by atoms with Crippen LogP contribution in [0.1, 0.15) is 53.4 Å². The second-order valence-electron chi connectivity index (χ2n) is 12.8. The molecular weight excluding hydrogens is 758 g/mol. The van der Waals surface area contributed by atoms with Crippen LogP contribution in [-0.4, -0.2) is 115 Å². The van der Waals surface area contributed by atoms with Crippen LogP contribution in [0.4, 0.5) is 34.8 Å².